The highest BCUT2D eigenvalue weighted by atomic mass is 35.5. The number of nitrogens with zero attached hydrogens (tertiary/aromatic N) is 2. The standard InChI is InChI=1S/C13H11ClN2O3/c14-10-3-1-9(2-4-10)12(17)7-11(13(18)19)16-6-5-15-8-16/h1-6,8,11H,7H2,(H,18,19)/p-1/t11-/m1/s1. The number of hydrogen-bond donors (Lipinski definition) is 0. The highest BCUT2D eigenvalue weighted by Gasteiger charge is 2.17. The average molecular weight is 278 g/mol. The zero-order valence-corrected chi connectivity index (χ0v) is 10.6. The van der Waals surface area contributed by atoms with Crippen LogP contribution in [0.4, 0.5) is 0 Å². The molecule has 0 bridgehead atoms. The van der Waals surface area contributed by atoms with Gasteiger partial charge in [-0.05, 0) is 24.3 Å². The van der Waals surface area contributed by atoms with Gasteiger partial charge in [0.1, 0.15) is 0 Å². The molecular formula is C13H10ClN2O3-. The van der Waals surface area contributed by atoms with E-state index in [0.717, 1.165) is 0 Å². The Kier molecular flexibility index (Phi) is 3.97. The fourth-order valence-electron chi connectivity index (χ4n) is 1.69. The Bertz CT molecular complexity index is 578. The summed E-state index contributed by atoms with van der Waals surface area (Å²) in [7, 11) is 0. The molecule has 1 heterocycles. The van der Waals surface area contributed by atoms with Crippen molar-refractivity contribution in [3.05, 3.63) is 53.6 Å². The Morgan fingerprint density at radius 2 is 2.00 bits per heavy atom. The first kappa shape index (κ1) is 13.3. The minimum Gasteiger partial charge on any atom is -0.548 e. The van der Waals surface area contributed by atoms with E-state index in [9.17, 15) is 14.7 Å². The summed E-state index contributed by atoms with van der Waals surface area (Å²) in [5.74, 6) is -1.61. The van der Waals surface area contributed by atoms with E-state index in [2.05, 4.69) is 4.98 Å². The predicted molar refractivity (Wildman–Crippen MR) is 66.7 cm³/mol. The normalized spacial score (nSPS) is 12.1. The first-order valence-corrected chi connectivity index (χ1v) is 5.93. The second-order valence-corrected chi connectivity index (χ2v) is 4.42. The van der Waals surface area contributed by atoms with Gasteiger partial charge in [0.15, 0.2) is 5.78 Å². The Hall–Kier alpha value is -2.14. The third-order valence-electron chi connectivity index (χ3n) is 2.70. The van der Waals surface area contributed by atoms with Crippen molar-refractivity contribution >= 4 is 23.4 Å². The molecular weight excluding hydrogens is 268 g/mol. The van der Waals surface area contributed by atoms with E-state index in [4.69, 9.17) is 11.6 Å². The summed E-state index contributed by atoms with van der Waals surface area (Å²) in [5.41, 5.74) is 0.413. The van der Waals surface area contributed by atoms with Crippen molar-refractivity contribution in [3.63, 3.8) is 0 Å². The van der Waals surface area contributed by atoms with Crippen LogP contribution in [0.3, 0.4) is 0 Å². The van der Waals surface area contributed by atoms with Crippen molar-refractivity contribution in [3.8, 4) is 0 Å². The monoisotopic (exact) mass is 277 g/mol. The second-order valence-electron chi connectivity index (χ2n) is 3.98. The van der Waals surface area contributed by atoms with Gasteiger partial charge in [-0.1, -0.05) is 11.6 Å². The van der Waals surface area contributed by atoms with Crippen LogP contribution in [0, 0.1) is 0 Å². The zero-order chi connectivity index (χ0) is 13.8. The molecule has 0 aliphatic heterocycles. The van der Waals surface area contributed by atoms with Gasteiger partial charge >= 0.3 is 0 Å². The van der Waals surface area contributed by atoms with Crippen LogP contribution < -0.4 is 5.11 Å². The van der Waals surface area contributed by atoms with Gasteiger partial charge in [0, 0.05) is 29.4 Å². The van der Waals surface area contributed by atoms with Crippen molar-refractivity contribution in [2.24, 2.45) is 0 Å². The molecule has 0 amide bonds. The topological polar surface area (TPSA) is 75.0 Å². The fourth-order valence-corrected chi connectivity index (χ4v) is 1.82. The highest BCUT2D eigenvalue weighted by molar-refractivity contribution is 6.30. The van der Waals surface area contributed by atoms with Crippen LogP contribution in [0.25, 0.3) is 0 Å². The molecule has 1 aromatic heterocycles. The predicted octanol–water partition coefficient (Wildman–Crippen LogP) is 1.10. The minimum absolute atomic E-state index is 0.194. The second kappa shape index (κ2) is 5.67. The number of aliphatic carboxylic acids is 1. The van der Waals surface area contributed by atoms with E-state index >= 15 is 0 Å². The van der Waals surface area contributed by atoms with Crippen molar-refractivity contribution in [2.75, 3.05) is 0 Å². The van der Waals surface area contributed by atoms with E-state index in [1.165, 1.54) is 23.3 Å². The molecule has 0 spiro atoms. The number of benzene rings is 1. The Morgan fingerprint density at radius 1 is 1.32 bits per heavy atom. The number of hydrogen-bond acceptors (Lipinski definition) is 4. The molecule has 0 aliphatic carbocycles. The lowest BCUT2D eigenvalue weighted by Crippen LogP contribution is -2.34. The highest BCUT2D eigenvalue weighted by Crippen LogP contribution is 2.16. The molecule has 5 nitrogen and oxygen atoms in total. The molecule has 0 N–H and O–H groups in total. The van der Waals surface area contributed by atoms with Crippen LogP contribution in [0.5, 0.6) is 0 Å². The summed E-state index contributed by atoms with van der Waals surface area (Å²) >= 11 is 5.73. The number of rotatable bonds is 5. The molecule has 0 fully saturated rings. The third kappa shape index (κ3) is 3.20. The lowest BCUT2D eigenvalue weighted by molar-refractivity contribution is -0.310. The Labute approximate surface area is 114 Å². The van der Waals surface area contributed by atoms with Crippen LogP contribution in [0.2, 0.25) is 5.02 Å². The van der Waals surface area contributed by atoms with Crippen molar-refractivity contribution in [1.29, 1.82) is 0 Å². The van der Waals surface area contributed by atoms with Gasteiger partial charge in [0.2, 0.25) is 0 Å². The molecule has 98 valence electrons. The number of carboxylic acid groups (broad SMARTS) is 1. The third-order valence-corrected chi connectivity index (χ3v) is 2.95. The van der Waals surface area contributed by atoms with E-state index in [1.54, 1.807) is 24.3 Å². The maximum Gasteiger partial charge on any atom is 0.165 e. The summed E-state index contributed by atoms with van der Waals surface area (Å²) in [4.78, 5) is 26.8. The SMILES string of the molecule is O=C(C[C@H](C(=O)[O-])n1ccnc1)c1ccc(Cl)cc1. The molecule has 6 heteroatoms. The quantitative estimate of drug-likeness (QED) is 0.767. The Morgan fingerprint density at radius 3 is 2.53 bits per heavy atom. The molecule has 19 heavy (non-hydrogen) atoms. The molecule has 0 radical (unpaired) electrons. The van der Waals surface area contributed by atoms with Crippen LogP contribution in [-0.4, -0.2) is 21.3 Å². The van der Waals surface area contributed by atoms with E-state index < -0.39 is 12.0 Å². The Balaban J connectivity index is 2.16. The summed E-state index contributed by atoms with van der Waals surface area (Å²) in [6, 6.07) is 5.22. The minimum atomic E-state index is -1.32. The lowest BCUT2D eigenvalue weighted by Gasteiger charge is -2.18. The number of carboxylic acids is 1. The zero-order valence-electron chi connectivity index (χ0n) is 9.82. The molecule has 2 aromatic rings. The van der Waals surface area contributed by atoms with Gasteiger partial charge in [0.05, 0.1) is 18.3 Å². The summed E-state index contributed by atoms with van der Waals surface area (Å²) in [6.45, 7) is 0. The van der Waals surface area contributed by atoms with Crippen LogP contribution in [-0.2, 0) is 4.79 Å². The fraction of sp³-hybridized carbons (Fsp3) is 0.154. The van der Waals surface area contributed by atoms with E-state index in [0.29, 0.717) is 10.6 Å². The van der Waals surface area contributed by atoms with Gasteiger partial charge < -0.3 is 14.5 Å². The molecule has 1 atom stereocenters. The van der Waals surface area contributed by atoms with Gasteiger partial charge in [-0.2, -0.15) is 0 Å². The number of Topliss-reactive ketones (excluding diaryl/α,β-unsaturated/α-hetero) is 1. The summed E-state index contributed by atoms with van der Waals surface area (Å²) < 4.78 is 1.34. The number of aromatic nitrogens is 2. The smallest absolute Gasteiger partial charge is 0.165 e. The lowest BCUT2D eigenvalue weighted by atomic mass is 10.0. The molecule has 0 unspecified atom stereocenters. The first-order valence-electron chi connectivity index (χ1n) is 5.55. The summed E-state index contributed by atoms with van der Waals surface area (Å²) in [6.07, 6.45) is 4.08. The van der Waals surface area contributed by atoms with Gasteiger partial charge in [-0.25, -0.2) is 4.98 Å². The summed E-state index contributed by atoms with van der Waals surface area (Å²) in [5, 5.41) is 11.6. The van der Waals surface area contributed by atoms with Gasteiger partial charge in [0.25, 0.3) is 0 Å². The van der Waals surface area contributed by atoms with Gasteiger partial charge in [-0.3, -0.25) is 4.79 Å². The van der Waals surface area contributed by atoms with Gasteiger partial charge in [-0.15, -0.1) is 0 Å². The van der Waals surface area contributed by atoms with E-state index in [1.807, 2.05) is 0 Å². The number of carbonyl (C=O) groups excluding carboxylic acids is 2. The number of carbonyl (C=O) groups is 2. The van der Waals surface area contributed by atoms with Crippen molar-refractivity contribution in [1.82, 2.24) is 9.55 Å². The molecule has 2 rings (SSSR count). The average Bonchev–Trinajstić information content (AvgIpc) is 2.89. The van der Waals surface area contributed by atoms with E-state index in [-0.39, 0.29) is 12.2 Å². The van der Waals surface area contributed by atoms with Crippen LogP contribution in [0.1, 0.15) is 22.8 Å². The molecule has 1 aromatic carbocycles. The molecule has 0 saturated heterocycles. The maximum atomic E-state index is 12.0. The van der Waals surface area contributed by atoms with Crippen LogP contribution >= 0.6 is 11.6 Å². The largest absolute Gasteiger partial charge is 0.548 e. The number of imidazole rings is 1. The first-order chi connectivity index (χ1) is 9.08. The number of ketones is 1. The number of halogens is 1. The van der Waals surface area contributed by atoms with Crippen LogP contribution in [0.15, 0.2) is 43.0 Å². The van der Waals surface area contributed by atoms with Crippen molar-refractivity contribution < 1.29 is 14.7 Å². The molecule has 0 aliphatic rings. The van der Waals surface area contributed by atoms with Crippen molar-refractivity contribution in [2.45, 2.75) is 12.5 Å². The maximum absolute atomic E-state index is 12.0. The molecule has 0 saturated carbocycles.